The average Bonchev–Trinajstić information content (AvgIpc) is 2.84. The standard InChI is InChI=1S/C26H19F3N2O3/c1-15-6-2-5-9-20(15)31-26(33)18-12-16-7-3-4-8-17(16)13-22(18)34-14-23(32)30-21-11-10-19(27)24(28)25(21)29/h2-13H,14H2,1H3,(H,30,32)(H,31,33). The average molecular weight is 464 g/mol. The third-order valence-corrected chi connectivity index (χ3v) is 5.15. The van der Waals surface area contributed by atoms with Gasteiger partial charge in [-0.1, -0.05) is 42.5 Å². The Bertz CT molecular complexity index is 1410. The zero-order valence-electron chi connectivity index (χ0n) is 18.0. The van der Waals surface area contributed by atoms with Gasteiger partial charge in [-0.3, -0.25) is 9.59 Å². The molecule has 34 heavy (non-hydrogen) atoms. The van der Waals surface area contributed by atoms with Gasteiger partial charge in [-0.15, -0.1) is 0 Å². The predicted molar refractivity (Wildman–Crippen MR) is 124 cm³/mol. The number of amides is 2. The molecule has 4 rings (SSSR count). The maximum Gasteiger partial charge on any atom is 0.262 e. The zero-order valence-corrected chi connectivity index (χ0v) is 18.0. The highest BCUT2D eigenvalue weighted by Crippen LogP contribution is 2.28. The van der Waals surface area contributed by atoms with Crippen LogP contribution in [-0.4, -0.2) is 18.4 Å². The van der Waals surface area contributed by atoms with Crippen molar-refractivity contribution in [3.63, 3.8) is 0 Å². The molecule has 0 heterocycles. The van der Waals surface area contributed by atoms with Crippen molar-refractivity contribution in [3.05, 3.63) is 101 Å². The molecular weight excluding hydrogens is 445 g/mol. The number of carbonyl (C=O) groups excluding carboxylic acids is 2. The molecule has 0 saturated carbocycles. The quantitative estimate of drug-likeness (QED) is 0.353. The van der Waals surface area contributed by atoms with E-state index in [-0.39, 0.29) is 11.3 Å². The van der Waals surface area contributed by atoms with Gasteiger partial charge in [0.15, 0.2) is 24.1 Å². The van der Waals surface area contributed by atoms with E-state index < -0.39 is 41.6 Å². The van der Waals surface area contributed by atoms with Gasteiger partial charge in [0.25, 0.3) is 11.8 Å². The molecule has 5 nitrogen and oxygen atoms in total. The number of benzene rings is 4. The summed E-state index contributed by atoms with van der Waals surface area (Å²) in [5.74, 6) is -5.70. The van der Waals surface area contributed by atoms with E-state index in [1.165, 1.54) is 0 Å². The Balaban J connectivity index is 1.57. The third-order valence-electron chi connectivity index (χ3n) is 5.15. The number of fused-ring (bicyclic) bond motifs is 1. The van der Waals surface area contributed by atoms with Crippen molar-refractivity contribution in [2.24, 2.45) is 0 Å². The number of para-hydroxylation sites is 1. The fourth-order valence-electron chi connectivity index (χ4n) is 3.37. The van der Waals surface area contributed by atoms with Gasteiger partial charge in [0, 0.05) is 5.69 Å². The van der Waals surface area contributed by atoms with Gasteiger partial charge in [0.1, 0.15) is 5.75 Å². The molecule has 0 aliphatic heterocycles. The Morgan fingerprint density at radius 2 is 1.47 bits per heavy atom. The molecule has 0 aliphatic rings. The maximum atomic E-state index is 13.8. The molecule has 4 aromatic carbocycles. The van der Waals surface area contributed by atoms with Crippen molar-refractivity contribution in [1.82, 2.24) is 0 Å². The summed E-state index contributed by atoms with van der Waals surface area (Å²) < 4.78 is 46.0. The number of rotatable bonds is 6. The van der Waals surface area contributed by atoms with E-state index in [2.05, 4.69) is 10.6 Å². The van der Waals surface area contributed by atoms with Crippen LogP contribution in [0.2, 0.25) is 0 Å². The van der Waals surface area contributed by atoms with Gasteiger partial charge in [-0.05, 0) is 53.6 Å². The van der Waals surface area contributed by atoms with Crippen molar-refractivity contribution < 1.29 is 27.5 Å². The van der Waals surface area contributed by atoms with Crippen LogP contribution >= 0.6 is 0 Å². The highest BCUT2D eigenvalue weighted by Gasteiger charge is 2.18. The minimum atomic E-state index is -1.69. The van der Waals surface area contributed by atoms with Gasteiger partial charge in [-0.25, -0.2) is 13.2 Å². The Labute approximate surface area is 193 Å². The second kappa shape index (κ2) is 9.66. The number of nitrogens with one attached hydrogen (secondary N) is 2. The van der Waals surface area contributed by atoms with Gasteiger partial charge in [-0.2, -0.15) is 0 Å². The third kappa shape index (κ3) is 4.85. The summed E-state index contributed by atoms with van der Waals surface area (Å²) in [4.78, 5) is 25.4. The van der Waals surface area contributed by atoms with Gasteiger partial charge >= 0.3 is 0 Å². The first-order valence-electron chi connectivity index (χ1n) is 10.3. The first-order chi connectivity index (χ1) is 16.3. The van der Waals surface area contributed by atoms with Crippen LogP contribution in [-0.2, 0) is 4.79 Å². The van der Waals surface area contributed by atoms with Crippen molar-refractivity contribution in [1.29, 1.82) is 0 Å². The first kappa shape index (κ1) is 22.8. The number of halogens is 3. The lowest BCUT2D eigenvalue weighted by molar-refractivity contribution is -0.118. The molecule has 0 bridgehead atoms. The maximum absolute atomic E-state index is 13.8. The molecule has 0 aromatic heterocycles. The number of carbonyl (C=O) groups is 2. The summed E-state index contributed by atoms with van der Waals surface area (Å²) >= 11 is 0. The van der Waals surface area contributed by atoms with Crippen LogP contribution in [0.1, 0.15) is 15.9 Å². The highest BCUT2D eigenvalue weighted by atomic mass is 19.2. The van der Waals surface area contributed by atoms with Crippen molar-refractivity contribution in [2.45, 2.75) is 6.92 Å². The van der Waals surface area contributed by atoms with E-state index in [1.54, 1.807) is 24.3 Å². The molecule has 0 saturated heterocycles. The summed E-state index contributed by atoms with van der Waals surface area (Å²) in [5, 5.41) is 6.53. The number of hydrogen-bond donors (Lipinski definition) is 2. The molecule has 0 atom stereocenters. The van der Waals surface area contributed by atoms with E-state index >= 15 is 0 Å². The molecule has 172 valence electrons. The number of ether oxygens (including phenoxy) is 1. The minimum Gasteiger partial charge on any atom is -0.483 e. The first-order valence-corrected chi connectivity index (χ1v) is 10.3. The second-order valence-corrected chi connectivity index (χ2v) is 7.52. The van der Waals surface area contributed by atoms with Crippen molar-refractivity contribution in [3.8, 4) is 5.75 Å². The summed E-state index contributed by atoms with van der Waals surface area (Å²) in [6.45, 7) is 1.26. The normalized spacial score (nSPS) is 10.7. The number of hydrogen-bond acceptors (Lipinski definition) is 3. The molecule has 2 amide bonds. The summed E-state index contributed by atoms with van der Waals surface area (Å²) in [5.41, 5.74) is 1.16. The Morgan fingerprint density at radius 3 is 2.21 bits per heavy atom. The number of aryl methyl sites for hydroxylation is 1. The van der Waals surface area contributed by atoms with E-state index in [9.17, 15) is 22.8 Å². The molecule has 0 aliphatic carbocycles. The van der Waals surface area contributed by atoms with Crippen LogP contribution in [0.4, 0.5) is 24.5 Å². The highest BCUT2D eigenvalue weighted by molar-refractivity contribution is 6.09. The van der Waals surface area contributed by atoms with Crippen LogP contribution in [0, 0.1) is 24.4 Å². The fraction of sp³-hybridized carbons (Fsp3) is 0.0769. The Hall–Kier alpha value is -4.33. The molecule has 2 N–H and O–H groups in total. The van der Waals surface area contributed by atoms with Crippen LogP contribution in [0.25, 0.3) is 10.8 Å². The predicted octanol–water partition coefficient (Wildman–Crippen LogP) is 5.84. The topological polar surface area (TPSA) is 67.4 Å². The number of anilines is 2. The lowest BCUT2D eigenvalue weighted by Crippen LogP contribution is -2.22. The fourth-order valence-corrected chi connectivity index (χ4v) is 3.37. The molecule has 8 heteroatoms. The summed E-state index contributed by atoms with van der Waals surface area (Å²) in [6.07, 6.45) is 0. The second-order valence-electron chi connectivity index (χ2n) is 7.52. The lowest BCUT2D eigenvalue weighted by Gasteiger charge is -2.14. The van der Waals surface area contributed by atoms with Gasteiger partial charge in [0.2, 0.25) is 0 Å². The van der Waals surface area contributed by atoms with Gasteiger partial charge in [0.05, 0.1) is 11.3 Å². The van der Waals surface area contributed by atoms with Crippen molar-refractivity contribution >= 4 is 34.0 Å². The van der Waals surface area contributed by atoms with Crippen LogP contribution < -0.4 is 15.4 Å². The minimum absolute atomic E-state index is 0.130. The summed E-state index contributed by atoms with van der Waals surface area (Å²) in [7, 11) is 0. The van der Waals surface area contributed by atoms with Crippen molar-refractivity contribution in [2.75, 3.05) is 17.2 Å². The molecule has 0 fully saturated rings. The Kier molecular flexibility index (Phi) is 6.49. The molecular formula is C26H19F3N2O3. The van der Waals surface area contributed by atoms with E-state index in [0.717, 1.165) is 22.4 Å². The van der Waals surface area contributed by atoms with Crippen LogP contribution in [0.15, 0.2) is 72.8 Å². The van der Waals surface area contributed by atoms with Crippen LogP contribution in [0.3, 0.4) is 0 Å². The largest absolute Gasteiger partial charge is 0.483 e. The smallest absolute Gasteiger partial charge is 0.262 e. The zero-order chi connectivity index (χ0) is 24.2. The lowest BCUT2D eigenvalue weighted by atomic mass is 10.0. The van der Waals surface area contributed by atoms with E-state index in [4.69, 9.17) is 4.74 Å². The Morgan fingerprint density at radius 1 is 0.794 bits per heavy atom. The summed E-state index contributed by atoms with van der Waals surface area (Å²) in [6, 6.07) is 19.4. The van der Waals surface area contributed by atoms with Gasteiger partial charge < -0.3 is 15.4 Å². The molecule has 0 radical (unpaired) electrons. The van der Waals surface area contributed by atoms with Crippen LogP contribution in [0.5, 0.6) is 5.75 Å². The van der Waals surface area contributed by atoms with E-state index in [1.807, 2.05) is 43.3 Å². The molecule has 0 unspecified atom stereocenters. The molecule has 4 aromatic rings. The SMILES string of the molecule is Cc1ccccc1NC(=O)c1cc2ccccc2cc1OCC(=O)Nc1ccc(F)c(F)c1F. The molecule has 0 spiro atoms. The van der Waals surface area contributed by atoms with E-state index in [0.29, 0.717) is 11.8 Å². The monoisotopic (exact) mass is 464 g/mol.